The Labute approximate surface area is 333 Å². The molecule has 18 heteroatoms. The Morgan fingerprint density at radius 3 is 2.40 bits per heavy atom. The van der Waals surface area contributed by atoms with E-state index in [0.717, 1.165) is 12.1 Å². The Balaban J connectivity index is 1.37. The first-order chi connectivity index (χ1) is 27.2. The Morgan fingerprint density at radius 2 is 1.74 bits per heavy atom. The van der Waals surface area contributed by atoms with Crippen LogP contribution in [-0.2, 0) is 35.5 Å². The number of amides is 2. The highest BCUT2D eigenvalue weighted by Crippen LogP contribution is 2.68. The summed E-state index contributed by atoms with van der Waals surface area (Å²) in [6.45, 7) is 2.06. The van der Waals surface area contributed by atoms with Crippen molar-refractivity contribution in [2.75, 3.05) is 26.0 Å². The molecule has 304 valence electrons. The fourth-order valence-electron chi connectivity index (χ4n) is 7.53. The van der Waals surface area contributed by atoms with Crippen LogP contribution < -0.4 is 10.6 Å². The first kappa shape index (κ1) is 40.7. The van der Waals surface area contributed by atoms with Gasteiger partial charge < -0.3 is 20.6 Å². The quantitative estimate of drug-likeness (QED) is 0.101. The van der Waals surface area contributed by atoms with Crippen LogP contribution in [0.15, 0.2) is 42.5 Å². The van der Waals surface area contributed by atoms with Crippen molar-refractivity contribution < 1.29 is 41.0 Å². The molecule has 0 spiro atoms. The van der Waals surface area contributed by atoms with Crippen LogP contribution in [0, 0.1) is 29.4 Å². The van der Waals surface area contributed by atoms with Gasteiger partial charge in [0.25, 0.3) is 12.3 Å². The zero-order valence-corrected chi connectivity index (χ0v) is 32.5. The minimum absolute atomic E-state index is 0.0313. The number of hydrogen-bond donors (Lipinski definition) is 3. The molecule has 11 nitrogen and oxygen atoms in total. The molecular weight excluding hydrogens is 790 g/mol. The number of benzene rings is 2. The molecule has 2 aromatic carbocycles. The number of fused-ring (bicyclic) bond motifs is 4. The highest BCUT2D eigenvalue weighted by molar-refractivity contribution is 6.37. The van der Waals surface area contributed by atoms with Crippen LogP contribution in [0.25, 0.3) is 22.0 Å². The fraction of sp³-hybridized carbons (Fsp3) is 0.375. The molecule has 2 amide bonds. The van der Waals surface area contributed by atoms with E-state index in [1.807, 2.05) is 0 Å². The van der Waals surface area contributed by atoms with E-state index in [9.17, 15) is 32.3 Å². The molecule has 3 aromatic heterocycles. The largest absolute Gasteiger partial charge is 0.378 e. The maximum absolute atomic E-state index is 15.4. The second kappa shape index (κ2) is 15.1. The lowest BCUT2D eigenvalue weighted by Crippen LogP contribution is -2.35. The lowest BCUT2D eigenvalue weighted by Gasteiger charge is -2.23. The van der Waals surface area contributed by atoms with Gasteiger partial charge in [-0.3, -0.25) is 19.0 Å². The van der Waals surface area contributed by atoms with Crippen molar-refractivity contribution in [3.05, 3.63) is 93.0 Å². The van der Waals surface area contributed by atoms with Crippen LogP contribution in [0.5, 0.6) is 0 Å². The summed E-state index contributed by atoms with van der Waals surface area (Å²) in [4.78, 5) is 33.2. The number of rotatable bonds is 11. The highest BCUT2D eigenvalue weighted by Gasteiger charge is 2.67. The topological polar surface area (TPSA) is 130 Å². The smallest absolute Gasteiger partial charge is 0.293 e. The number of anilines is 1. The number of aliphatic hydroxyl groups is 1. The molecule has 3 heterocycles. The zero-order chi connectivity index (χ0) is 42.0. The van der Waals surface area contributed by atoms with Gasteiger partial charge in [-0.25, -0.2) is 22.5 Å². The normalized spacial score (nSPS) is 17.2. The van der Waals surface area contributed by atoms with Crippen LogP contribution in [0.4, 0.5) is 32.2 Å². The molecular formula is C40H37ClF6N8O3. The van der Waals surface area contributed by atoms with Gasteiger partial charge in [-0.15, -0.1) is 0 Å². The molecule has 0 radical (unpaired) electrons. The number of likely N-dealkylation sites (N-methyl/N-ethyl adjacent to an activating group) is 1. The molecule has 1 fully saturated rings. The van der Waals surface area contributed by atoms with Crippen molar-refractivity contribution in [3.63, 3.8) is 0 Å². The van der Waals surface area contributed by atoms with Crippen molar-refractivity contribution in [2.24, 2.45) is 13.0 Å². The van der Waals surface area contributed by atoms with Crippen LogP contribution in [-0.4, -0.2) is 72.6 Å². The van der Waals surface area contributed by atoms with Gasteiger partial charge in [0.1, 0.15) is 40.9 Å². The predicted molar refractivity (Wildman–Crippen MR) is 202 cm³/mol. The van der Waals surface area contributed by atoms with Gasteiger partial charge in [-0.1, -0.05) is 23.6 Å². The maximum Gasteiger partial charge on any atom is 0.293 e. The second-order valence-corrected chi connectivity index (χ2v) is 15.7. The van der Waals surface area contributed by atoms with Crippen LogP contribution in [0.2, 0.25) is 5.02 Å². The molecule has 7 rings (SSSR count). The van der Waals surface area contributed by atoms with Crippen molar-refractivity contribution in [3.8, 4) is 23.0 Å². The summed E-state index contributed by atoms with van der Waals surface area (Å²) in [5.41, 5.74) is -1.78. The predicted octanol–water partition coefficient (Wildman–Crippen LogP) is 6.63. The fourth-order valence-corrected chi connectivity index (χ4v) is 7.77. The van der Waals surface area contributed by atoms with E-state index in [4.69, 9.17) is 16.6 Å². The summed E-state index contributed by atoms with van der Waals surface area (Å²) < 4.78 is 90.2. The van der Waals surface area contributed by atoms with E-state index in [0.29, 0.717) is 32.8 Å². The Bertz CT molecular complexity index is 2520. The summed E-state index contributed by atoms with van der Waals surface area (Å²) in [6, 6.07) is 7.85. The summed E-state index contributed by atoms with van der Waals surface area (Å²) in [5.74, 6) is -2.96. The number of nitrogens with zero attached hydrogens (tertiary/aromatic N) is 6. The van der Waals surface area contributed by atoms with E-state index in [-0.39, 0.29) is 58.6 Å². The molecule has 1 unspecified atom stereocenters. The first-order valence-electron chi connectivity index (χ1n) is 18.1. The van der Waals surface area contributed by atoms with Gasteiger partial charge in [0.05, 0.1) is 34.2 Å². The lowest BCUT2D eigenvalue weighted by atomic mass is 9.93. The lowest BCUT2D eigenvalue weighted by molar-refractivity contribution is -0.123. The van der Waals surface area contributed by atoms with Gasteiger partial charge in [-0.05, 0) is 88.5 Å². The van der Waals surface area contributed by atoms with Gasteiger partial charge >= 0.3 is 0 Å². The average molecular weight is 827 g/mol. The number of nitrogens with one attached hydrogen (secondary N) is 2. The van der Waals surface area contributed by atoms with E-state index < -0.39 is 71.3 Å². The molecule has 1 saturated carbocycles. The zero-order valence-electron chi connectivity index (χ0n) is 31.8. The van der Waals surface area contributed by atoms with Gasteiger partial charge in [-0.2, -0.15) is 19.0 Å². The van der Waals surface area contributed by atoms with Crippen molar-refractivity contribution in [2.45, 2.75) is 63.1 Å². The summed E-state index contributed by atoms with van der Waals surface area (Å²) in [6.07, 6.45) is -3.44. The molecule has 5 aromatic rings. The maximum atomic E-state index is 15.4. The number of aryl methyl sites for hydroxylation is 1. The molecule has 2 aliphatic carbocycles. The van der Waals surface area contributed by atoms with E-state index in [2.05, 4.69) is 32.7 Å². The molecule has 0 aliphatic heterocycles. The summed E-state index contributed by atoms with van der Waals surface area (Å²) in [7, 11) is 5.06. The monoisotopic (exact) mass is 826 g/mol. The third-order valence-corrected chi connectivity index (χ3v) is 10.2. The molecule has 3 N–H and O–H groups in total. The average Bonchev–Trinajstić information content (AvgIpc) is 3.65. The molecule has 58 heavy (non-hydrogen) atoms. The molecule has 3 atom stereocenters. The van der Waals surface area contributed by atoms with Crippen molar-refractivity contribution in [1.29, 1.82) is 0 Å². The van der Waals surface area contributed by atoms with Crippen molar-refractivity contribution in [1.82, 2.24) is 34.8 Å². The highest BCUT2D eigenvalue weighted by atomic mass is 35.5. The van der Waals surface area contributed by atoms with Gasteiger partial charge in [0.15, 0.2) is 5.82 Å². The van der Waals surface area contributed by atoms with Gasteiger partial charge in [0.2, 0.25) is 11.8 Å². The van der Waals surface area contributed by atoms with Crippen LogP contribution >= 0.6 is 11.6 Å². The number of hydrogen-bond acceptors (Lipinski definition) is 7. The Morgan fingerprint density at radius 1 is 1.05 bits per heavy atom. The number of carbonyl (C=O) groups is 2. The first-order valence-corrected chi connectivity index (χ1v) is 18.5. The number of aromatic nitrogens is 5. The van der Waals surface area contributed by atoms with E-state index >= 15 is 8.78 Å². The third kappa shape index (κ3) is 8.00. The number of carbonyl (C=O) groups excluding carboxylic acids is 2. The minimum Gasteiger partial charge on any atom is -0.378 e. The Hall–Kier alpha value is -5.44. The van der Waals surface area contributed by atoms with E-state index in [1.54, 1.807) is 50.3 Å². The van der Waals surface area contributed by atoms with Crippen molar-refractivity contribution >= 4 is 40.1 Å². The number of halogens is 7. The number of alkyl halides is 4. The van der Waals surface area contributed by atoms with Gasteiger partial charge in [0, 0.05) is 35.7 Å². The van der Waals surface area contributed by atoms with E-state index in [1.165, 1.54) is 18.5 Å². The Kier molecular flexibility index (Phi) is 10.6. The minimum atomic E-state index is -3.49. The third-order valence-electron chi connectivity index (χ3n) is 9.85. The van der Waals surface area contributed by atoms with Crippen LogP contribution in [0.1, 0.15) is 72.6 Å². The SMILES string of the molecule is CN(C)CC(=O)Nc1nn(C)c2c(-c3ccc(C#CC(C)(C)O)nc3[C@H](Cc3cc(F)cc(F)c3)NC(=O)Cn3nc(C(F)F)c4c3C(F)(F)C3C[C@H]43)ccc(Cl)c12. The second-order valence-electron chi connectivity index (χ2n) is 15.3. The summed E-state index contributed by atoms with van der Waals surface area (Å²) >= 11 is 6.70. The molecule has 0 saturated heterocycles. The molecule has 0 bridgehead atoms. The van der Waals surface area contributed by atoms with Crippen LogP contribution in [0.3, 0.4) is 0 Å². The number of pyridine rings is 1. The summed E-state index contributed by atoms with van der Waals surface area (Å²) in [5, 5.41) is 24.7. The standard InChI is InChI=1S/C40H37ClF6N8O3/c1-39(2,58)11-10-22-6-7-23(24-8-9-27(41)32-35(24)54(5)52-38(32)50-29(56)17-53(3)4)33(48-22)28(14-19-12-20(42)15-21(43)13-19)49-30(57)18-55-36-31(34(51-55)37(44)45)25-16-26(25)40(36,46)47/h6-9,12-13,15,25-26,28,37,58H,14,16-18H2,1-5H3,(H,49,57)(H,50,52,56)/t25-,26?,28-/m0/s1. The molecule has 2 aliphatic rings.